The van der Waals surface area contributed by atoms with Gasteiger partial charge in [-0.05, 0) is 6.42 Å². The van der Waals surface area contributed by atoms with E-state index in [0.717, 1.165) is 12.2 Å². The molecule has 10 heavy (non-hydrogen) atoms. The Hall–Kier alpha value is -0.860. The molecular formula is C7H13N3. The lowest BCUT2D eigenvalue weighted by molar-refractivity contribution is 0.710. The standard InChI is InChI=1S/C7H13N3/c1-3-4-5-7-8-6-10(2)9-7/h6H,3-5H2,1-2H3. The van der Waals surface area contributed by atoms with Crippen LogP contribution in [0.3, 0.4) is 0 Å². The van der Waals surface area contributed by atoms with E-state index in [1.54, 1.807) is 11.0 Å². The van der Waals surface area contributed by atoms with Gasteiger partial charge in [-0.25, -0.2) is 4.98 Å². The van der Waals surface area contributed by atoms with Crippen molar-refractivity contribution in [1.29, 1.82) is 0 Å². The monoisotopic (exact) mass is 139 g/mol. The summed E-state index contributed by atoms with van der Waals surface area (Å²) in [6, 6.07) is 0. The van der Waals surface area contributed by atoms with Gasteiger partial charge in [-0.2, -0.15) is 5.10 Å². The average molecular weight is 139 g/mol. The molecule has 0 radical (unpaired) electrons. The molecule has 56 valence electrons. The Bertz CT molecular complexity index is 192. The highest BCUT2D eigenvalue weighted by Gasteiger charge is 1.95. The molecule has 0 spiro atoms. The number of hydrogen-bond donors (Lipinski definition) is 0. The lowest BCUT2D eigenvalue weighted by Gasteiger charge is -1.89. The van der Waals surface area contributed by atoms with Crippen LogP contribution in [0.4, 0.5) is 0 Å². The van der Waals surface area contributed by atoms with E-state index in [1.165, 1.54) is 12.8 Å². The second-order valence-electron chi connectivity index (χ2n) is 2.44. The van der Waals surface area contributed by atoms with Gasteiger partial charge in [-0.1, -0.05) is 13.3 Å². The third-order valence-electron chi connectivity index (χ3n) is 1.40. The van der Waals surface area contributed by atoms with Gasteiger partial charge in [-0.3, -0.25) is 4.68 Å². The summed E-state index contributed by atoms with van der Waals surface area (Å²) < 4.78 is 1.74. The van der Waals surface area contributed by atoms with E-state index in [9.17, 15) is 0 Å². The van der Waals surface area contributed by atoms with E-state index >= 15 is 0 Å². The van der Waals surface area contributed by atoms with E-state index in [-0.39, 0.29) is 0 Å². The van der Waals surface area contributed by atoms with Crippen LogP contribution in [0, 0.1) is 0 Å². The van der Waals surface area contributed by atoms with Crippen LogP contribution >= 0.6 is 0 Å². The molecule has 0 aliphatic rings. The van der Waals surface area contributed by atoms with Crippen LogP contribution in [0.25, 0.3) is 0 Å². The molecule has 0 aromatic carbocycles. The van der Waals surface area contributed by atoms with Crippen molar-refractivity contribution in [2.24, 2.45) is 7.05 Å². The molecule has 3 heteroatoms. The Morgan fingerprint density at radius 3 is 2.90 bits per heavy atom. The average Bonchev–Trinajstić information content (AvgIpc) is 2.31. The highest BCUT2D eigenvalue weighted by Crippen LogP contribution is 1.96. The predicted molar refractivity (Wildman–Crippen MR) is 39.6 cm³/mol. The van der Waals surface area contributed by atoms with Gasteiger partial charge in [-0.15, -0.1) is 0 Å². The lowest BCUT2D eigenvalue weighted by Crippen LogP contribution is -1.91. The van der Waals surface area contributed by atoms with Crippen LogP contribution < -0.4 is 0 Å². The molecule has 0 unspecified atom stereocenters. The maximum absolute atomic E-state index is 4.15. The largest absolute Gasteiger partial charge is 0.256 e. The first-order valence-electron chi connectivity index (χ1n) is 3.67. The molecule has 0 fully saturated rings. The topological polar surface area (TPSA) is 30.7 Å². The zero-order valence-electron chi connectivity index (χ0n) is 6.54. The minimum absolute atomic E-state index is 0.962. The number of aromatic nitrogens is 3. The molecular weight excluding hydrogens is 126 g/mol. The summed E-state index contributed by atoms with van der Waals surface area (Å²) >= 11 is 0. The van der Waals surface area contributed by atoms with Crippen molar-refractivity contribution in [3.05, 3.63) is 12.2 Å². The van der Waals surface area contributed by atoms with Crippen molar-refractivity contribution in [3.8, 4) is 0 Å². The molecule has 0 amide bonds. The van der Waals surface area contributed by atoms with Crippen molar-refractivity contribution >= 4 is 0 Å². The van der Waals surface area contributed by atoms with Crippen molar-refractivity contribution in [2.75, 3.05) is 0 Å². The number of unbranched alkanes of at least 4 members (excludes halogenated alkanes) is 1. The van der Waals surface area contributed by atoms with E-state index in [0.29, 0.717) is 0 Å². The Morgan fingerprint density at radius 1 is 1.60 bits per heavy atom. The quantitative estimate of drug-likeness (QED) is 0.629. The van der Waals surface area contributed by atoms with E-state index < -0.39 is 0 Å². The van der Waals surface area contributed by atoms with Crippen LogP contribution in [-0.2, 0) is 13.5 Å². The van der Waals surface area contributed by atoms with Gasteiger partial charge in [0.25, 0.3) is 0 Å². The fourth-order valence-corrected chi connectivity index (χ4v) is 0.833. The fraction of sp³-hybridized carbons (Fsp3) is 0.714. The van der Waals surface area contributed by atoms with Crippen molar-refractivity contribution < 1.29 is 0 Å². The number of rotatable bonds is 3. The third kappa shape index (κ3) is 1.83. The Morgan fingerprint density at radius 2 is 2.40 bits per heavy atom. The second kappa shape index (κ2) is 3.34. The van der Waals surface area contributed by atoms with Gasteiger partial charge < -0.3 is 0 Å². The van der Waals surface area contributed by atoms with Gasteiger partial charge in [0.2, 0.25) is 0 Å². The van der Waals surface area contributed by atoms with Gasteiger partial charge in [0.05, 0.1) is 0 Å². The summed E-state index contributed by atoms with van der Waals surface area (Å²) in [4.78, 5) is 4.11. The van der Waals surface area contributed by atoms with Crippen LogP contribution in [-0.4, -0.2) is 14.8 Å². The molecule has 0 aliphatic heterocycles. The zero-order valence-corrected chi connectivity index (χ0v) is 6.54. The van der Waals surface area contributed by atoms with Gasteiger partial charge >= 0.3 is 0 Å². The molecule has 0 saturated heterocycles. The first kappa shape index (κ1) is 7.25. The highest BCUT2D eigenvalue weighted by atomic mass is 15.3. The zero-order chi connectivity index (χ0) is 7.40. The number of nitrogens with zero attached hydrogens (tertiary/aromatic N) is 3. The molecule has 3 nitrogen and oxygen atoms in total. The van der Waals surface area contributed by atoms with E-state index in [2.05, 4.69) is 17.0 Å². The summed E-state index contributed by atoms with van der Waals surface area (Å²) in [6.45, 7) is 2.17. The fourth-order valence-electron chi connectivity index (χ4n) is 0.833. The van der Waals surface area contributed by atoms with Crippen LogP contribution in [0.1, 0.15) is 25.6 Å². The number of hydrogen-bond acceptors (Lipinski definition) is 2. The smallest absolute Gasteiger partial charge is 0.150 e. The van der Waals surface area contributed by atoms with E-state index in [1.807, 2.05) is 7.05 Å². The maximum atomic E-state index is 4.15. The molecule has 0 N–H and O–H groups in total. The molecule has 1 rings (SSSR count). The first-order chi connectivity index (χ1) is 4.83. The Kier molecular flexibility index (Phi) is 2.42. The van der Waals surface area contributed by atoms with Crippen LogP contribution in [0.5, 0.6) is 0 Å². The molecule has 0 atom stereocenters. The van der Waals surface area contributed by atoms with Crippen molar-refractivity contribution in [1.82, 2.24) is 14.8 Å². The lowest BCUT2D eigenvalue weighted by atomic mass is 10.2. The summed E-state index contributed by atoms with van der Waals surface area (Å²) in [5.74, 6) is 0.962. The third-order valence-corrected chi connectivity index (χ3v) is 1.40. The second-order valence-corrected chi connectivity index (χ2v) is 2.44. The van der Waals surface area contributed by atoms with Crippen molar-refractivity contribution in [2.45, 2.75) is 26.2 Å². The SMILES string of the molecule is CCCCc1ncn(C)n1. The van der Waals surface area contributed by atoms with Gasteiger partial charge in [0.15, 0.2) is 5.82 Å². The molecule has 0 saturated carbocycles. The first-order valence-corrected chi connectivity index (χ1v) is 3.67. The molecule has 0 aliphatic carbocycles. The maximum Gasteiger partial charge on any atom is 0.150 e. The Balaban J connectivity index is 2.42. The Labute approximate surface area is 61.1 Å². The minimum atomic E-state index is 0.962. The van der Waals surface area contributed by atoms with Crippen LogP contribution in [0.2, 0.25) is 0 Å². The molecule has 1 aromatic rings. The van der Waals surface area contributed by atoms with E-state index in [4.69, 9.17) is 0 Å². The number of aryl methyl sites for hydroxylation is 2. The molecule has 0 bridgehead atoms. The normalized spacial score (nSPS) is 10.2. The highest BCUT2D eigenvalue weighted by molar-refractivity contribution is 4.80. The van der Waals surface area contributed by atoms with Crippen LogP contribution in [0.15, 0.2) is 6.33 Å². The molecule has 1 heterocycles. The van der Waals surface area contributed by atoms with Crippen molar-refractivity contribution in [3.63, 3.8) is 0 Å². The summed E-state index contributed by atoms with van der Waals surface area (Å²) in [5, 5.41) is 4.15. The van der Waals surface area contributed by atoms with Gasteiger partial charge in [0, 0.05) is 13.5 Å². The summed E-state index contributed by atoms with van der Waals surface area (Å²) in [6.07, 6.45) is 5.14. The molecule has 1 aromatic heterocycles. The van der Waals surface area contributed by atoms with Gasteiger partial charge in [0.1, 0.15) is 6.33 Å². The summed E-state index contributed by atoms with van der Waals surface area (Å²) in [5.41, 5.74) is 0. The minimum Gasteiger partial charge on any atom is -0.256 e. The predicted octanol–water partition coefficient (Wildman–Crippen LogP) is 1.16. The summed E-state index contributed by atoms with van der Waals surface area (Å²) in [7, 11) is 1.89.